The summed E-state index contributed by atoms with van der Waals surface area (Å²) in [6.07, 6.45) is 0.975. The number of aliphatic hydroxyl groups excluding tert-OH is 1. The van der Waals surface area contributed by atoms with E-state index < -0.39 is 0 Å². The second-order valence-corrected chi connectivity index (χ2v) is 5.22. The van der Waals surface area contributed by atoms with Crippen molar-refractivity contribution < 1.29 is 9.90 Å². The maximum atomic E-state index is 11.8. The molecule has 1 aromatic heterocycles. The van der Waals surface area contributed by atoms with Gasteiger partial charge in [-0.05, 0) is 25.0 Å². The van der Waals surface area contributed by atoms with Gasteiger partial charge in [-0.25, -0.2) is 4.98 Å². The number of nitrogens with one attached hydrogen (secondary N) is 2. The molecule has 5 nitrogen and oxygen atoms in total. The highest BCUT2D eigenvalue weighted by Gasteiger charge is 2.14. The van der Waals surface area contributed by atoms with Crippen LogP contribution >= 0.6 is 0 Å². The molecular formula is C15H21N3O2. The highest BCUT2D eigenvalue weighted by Crippen LogP contribution is 2.11. The van der Waals surface area contributed by atoms with Gasteiger partial charge in [0.1, 0.15) is 5.82 Å². The molecule has 0 fully saturated rings. The molecule has 2 aromatic rings. The second kappa shape index (κ2) is 6.52. The van der Waals surface area contributed by atoms with Crippen LogP contribution in [0.25, 0.3) is 11.0 Å². The Morgan fingerprint density at radius 3 is 2.85 bits per heavy atom. The van der Waals surface area contributed by atoms with E-state index in [2.05, 4.69) is 15.3 Å². The number of aromatic nitrogens is 2. The van der Waals surface area contributed by atoms with Crippen LogP contribution in [0.5, 0.6) is 0 Å². The Labute approximate surface area is 118 Å². The van der Waals surface area contributed by atoms with Crippen molar-refractivity contribution in [2.24, 2.45) is 5.92 Å². The lowest BCUT2D eigenvalue weighted by Gasteiger charge is -2.18. The fourth-order valence-corrected chi connectivity index (χ4v) is 1.98. The summed E-state index contributed by atoms with van der Waals surface area (Å²) in [6, 6.07) is 7.78. The largest absolute Gasteiger partial charge is 0.396 e. The molecule has 0 saturated heterocycles. The Morgan fingerprint density at radius 1 is 1.40 bits per heavy atom. The molecule has 3 N–H and O–H groups in total. The molecule has 2 unspecified atom stereocenters. The number of nitrogens with zero attached hydrogens (tertiary/aromatic N) is 1. The summed E-state index contributed by atoms with van der Waals surface area (Å²) < 4.78 is 0. The van der Waals surface area contributed by atoms with Gasteiger partial charge in [0.15, 0.2) is 0 Å². The van der Waals surface area contributed by atoms with Crippen molar-refractivity contribution in [3.63, 3.8) is 0 Å². The van der Waals surface area contributed by atoms with Crippen LogP contribution in [0.4, 0.5) is 0 Å². The number of amides is 1. The van der Waals surface area contributed by atoms with Crippen LogP contribution in [-0.4, -0.2) is 33.6 Å². The van der Waals surface area contributed by atoms with Crippen LogP contribution in [0.1, 0.15) is 26.1 Å². The summed E-state index contributed by atoms with van der Waals surface area (Å²) in [7, 11) is 0. The van der Waals surface area contributed by atoms with Crippen molar-refractivity contribution in [2.45, 2.75) is 32.7 Å². The summed E-state index contributed by atoms with van der Waals surface area (Å²) >= 11 is 0. The molecule has 0 spiro atoms. The molecule has 108 valence electrons. The van der Waals surface area contributed by atoms with E-state index in [4.69, 9.17) is 5.11 Å². The quantitative estimate of drug-likeness (QED) is 0.749. The molecular weight excluding hydrogens is 254 g/mol. The van der Waals surface area contributed by atoms with Gasteiger partial charge in [-0.1, -0.05) is 19.1 Å². The van der Waals surface area contributed by atoms with E-state index in [0.29, 0.717) is 12.8 Å². The molecule has 1 heterocycles. The molecule has 0 aliphatic heterocycles. The first-order valence-electron chi connectivity index (χ1n) is 6.94. The maximum absolute atomic E-state index is 11.8. The number of hydrogen-bond donors (Lipinski definition) is 3. The van der Waals surface area contributed by atoms with E-state index >= 15 is 0 Å². The average Bonchev–Trinajstić information content (AvgIpc) is 2.87. The average molecular weight is 275 g/mol. The minimum atomic E-state index is -0.0248. The van der Waals surface area contributed by atoms with E-state index in [1.807, 2.05) is 38.1 Å². The summed E-state index contributed by atoms with van der Waals surface area (Å²) in [4.78, 5) is 19.5. The maximum Gasteiger partial charge on any atom is 0.220 e. The van der Waals surface area contributed by atoms with Crippen LogP contribution < -0.4 is 5.32 Å². The molecule has 0 aliphatic carbocycles. The van der Waals surface area contributed by atoms with Crippen LogP contribution in [0, 0.1) is 5.92 Å². The van der Waals surface area contributed by atoms with Gasteiger partial charge in [0.2, 0.25) is 5.91 Å². The first-order chi connectivity index (χ1) is 9.60. The fraction of sp³-hybridized carbons (Fsp3) is 0.467. The number of hydrogen-bond acceptors (Lipinski definition) is 3. The predicted octanol–water partition coefficient (Wildman–Crippen LogP) is 1.63. The number of aryl methyl sites for hydroxylation is 1. The second-order valence-electron chi connectivity index (χ2n) is 5.22. The molecule has 2 atom stereocenters. The van der Waals surface area contributed by atoms with E-state index in [1.54, 1.807) is 0 Å². The van der Waals surface area contributed by atoms with Gasteiger partial charge in [0, 0.05) is 25.5 Å². The zero-order valence-corrected chi connectivity index (χ0v) is 11.9. The third-order valence-corrected chi connectivity index (χ3v) is 3.56. The molecule has 1 amide bonds. The number of rotatable bonds is 6. The first kappa shape index (κ1) is 14.5. The third kappa shape index (κ3) is 3.57. The number of fused-ring (bicyclic) bond motifs is 1. The van der Waals surface area contributed by atoms with Crippen LogP contribution in [-0.2, 0) is 11.2 Å². The first-order valence-corrected chi connectivity index (χ1v) is 6.94. The van der Waals surface area contributed by atoms with Gasteiger partial charge in [-0.3, -0.25) is 4.79 Å². The van der Waals surface area contributed by atoms with E-state index in [-0.39, 0.29) is 24.5 Å². The van der Waals surface area contributed by atoms with Gasteiger partial charge >= 0.3 is 0 Å². The third-order valence-electron chi connectivity index (χ3n) is 3.56. The summed E-state index contributed by atoms with van der Waals surface area (Å²) in [5.74, 6) is 0.868. The molecule has 0 bridgehead atoms. The van der Waals surface area contributed by atoms with Crippen LogP contribution in [0.2, 0.25) is 0 Å². The number of imidazole rings is 1. The topological polar surface area (TPSA) is 78.0 Å². The Bertz CT molecular complexity index is 546. The summed E-state index contributed by atoms with van der Waals surface area (Å²) in [5.41, 5.74) is 1.91. The van der Waals surface area contributed by atoms with Gasteiger partial charge in [-0.15, -0.1) is 0 Å². The number of aromatic amines is 1. The highest BCUT2D eigenvalue weighted by atomic mass is 16.3. The SMILES string of the molecule is CC(CO)C(C)NC(=O)CCc1nc2ccccc2[nH]1. The van der Waals surface area contributed by atoms with Gasteiger partial charge < -0.3 is 15.4 Å². The zero-order chi connectivity index (χ0) is 14.5. The molecule has 0 radical (unpaired) electrons. The zero-order valence-electron chi connectivity index (χ0n) is 11.9. The monoisotopic (exact) mass is 275 g/mol. The van der Waals surface area contributed by atoms with Gasteiger partial charge in [-0.2, -0.15) is 0 Å². The Balaban J connectivity index is 1.87. The lowest BCUT2D eigenvalue weighted by Crippen LogP contribution is -2.38. The van der Waals surface area contributed by atoms with Crippen molar-refractivity contribution in [2.75, 3.05) is 6.61 Å². The van der Waals surface area contributed by atoms with Crippen LogP contribution in [0.15, 0.2) is 24.3 Å². The number of carbonyl (C=O) groups is 1. The highest BCUT2D eigenvalue weighted by molar-refractivity contribution is 5.77. The Hall–Kier alpha value is -1.88. The fourth-order valence-electron chi connectivity index (χ4n) is 1.98. The number of benzene rings is 1. The Morgan fingerprint density at radius 2 is 2.15 bits per heavy atom. The van der Waals surface area contributed by atoms with Crippen molar-refractivity contribution in [1.82, 2.24) is 15.3 Å². The van der Waals surface area contributed by atoms with E-state index in [9.17, 15) is 4.79 Å². The van der Waals surface area contributed by atoms with E-state index in [1.165, 1.54) is 0 Å². The minimum absolute atomic E-state index is 0.0155. The number of H-pyrrole nitrogens is 1. The van der Waals surface area contributed by atoms with Crippen molar-refractivity contribution in [3.8, 4) is 0 Å². The molecule has 1 aromatic carbocycles. The number of para-hydroxylation sites is 2. The standard InChI is InChI=1S/C15H21N3O2/c1-10(9-19)11(2)16-15(20)8-7-14-17-12-5-3-4-6-13(12)18-14/h3-6,10-11,19H,7-9H2,1-2H3,(H,16,20)(H,17,18). The smallest absolute Gasteiger partial charge is 0.220 e. The predicted molar refractivity (Wildman–Crippen MR) is 78.3 cm³/mol. The van der Waals surface area contributed by atoms with Gasteiger partial charge in [0.25, 0.3) is 0 Å². The lowest BCUT2D eigenvalue weighted by molar-refractivity contribution is -0.122. The molecule has 5 heteroatoms. The molecule has 0 aliphatic rings. The van der Waals surface area contributed by atoms with Crippen molar-refractivity contribution in [3.05, 3.63) is 30.1 Å². The number of aliphatic hydroxyl groups is 1. The summed E-state index contributed by atoms with van der Waals surface area (Å²) in [6.45, 7) is 3.88. The van der Waals surface area contributed by atoms with Crippen molar-refractivity contribution >= 4 is 16.9 Å². The van der Waals surface area contributed by atoms with Crippen LogP contribution in [0.3, 0.4) is 0 Å². The lowest BCUT2D eigenvalue weighted by atomic mass is 10.1. The van der Waals surface area contributed by atoms with Gasteiger partial charge in [0.05, 0.1) is 11.0 Å². The number of carbonyl (C=O) groups excluding carboxylic acids is 1. The van der Waals surface area contributed by atoms with E-state index in [0.717, 1.165) is 16.9 Å². The molecule has 2 rings (SSSR count). The Kier molecular flexibility index (Phi) is 4.74. The summed E-state index contributed by atoms with van der Waals surface area (Å²) in [5, 5.41) is 11.9. The van der Waals surface area contributed by atoms with Crippen molar-refractivity contribution in [1.29, 1.82) is 0 Å². The molecule has 20 heavy (non-hydrogen) atoms. The normalized spacial score (nSPS) is 14.2. The molecule has 0 saturated carbocycles. The minimum Gasteiger partial charge on any atom is -0.396 e.